The molecule has 0 fully saturated rings. The second kappa shape index (κ2) is 13.4. The van der Waals surface area contributed by atoms with E-state index in [1.165, 1.54) is 38.6 Å². The van der Waals surface area contributed by atoms with E-state index in [0.29, 0.717) is 5.82 Å². The minimum absolute atomic E-state index is 0.701. The largest absolute Gasteiger partial charge is 0.228 e. The van der Waals surface area contributed by atoms with Crippen LogP contribution in [0, 0.1) is 0 Å². The quantitative estimate of drug-likeness (QED) is 0.163. The topological polar surface area (TPSA) is 25.8 Å². The maximum Gasteiger partial charge on any atom is 0.161 e. The Kier molecular flexibility index (Phi) is 7.85. The predicted molar refractivity (Wildman–Crippen MR) is 227 cm³/mol. The number of rotatable bonds is 6. The van der Waals surface area contributed by atoms with E-state index in [2.05, 4.69) is 194 Å². The molecule has 0 aliphatic rings. The lowest BCUT2D eigenvalue weighted by Crippen LogP contribution is -1.99. The van der Waals surface area contributed by atoms with Crippen LogP contribution in [0.1, 0.15) is 0 Å². The highest BCUT2D eigenvalue weighted by molar-refractivity contribution is 6.24. The molecule has 0 aliphatic carbocycles. The molecule has 0 saturated carbocycles. The summed E-state index contributed by atoms with van der Waals surface area (Å²) in [5, 5.41) is 6.99. The summed E-state index contributed by atoms with van der Waals surface area (Å²) in [6.45, 7) is 0. The van der Waals surface area contributed by atoms with Crippen LogP contribution >= 0.6 is 0 Å². The first-order valence-electron chi connectivity index (χ1n) is 18.4. The number of fused-ring (bicyclic) bond motifs is 3. The van der Waals surface area contributed by atoms with E-state index in [1.54, 1.807) is 0 Å². The van der Waals surface area contributed by atoms with Crippen LogP contribution in [0.3, 0.4) is 0 Å². The molecular formula is C52H34N2. The molecule has 0 aliphatic heterocycles. The van der Waals surface area contributed by atoms with Gasteiger partial charge in [0.05, 0.1) is 11.4 Å². The van der Waals surface area contributed by atoms with Gasteiger partial charge in [-0.15, -0.1) is 0 Å². The standard InChI is InChI=1S/C52H34N2/c1-5-16-35(17-6-1)40-29-31-45-46(32-40)50(43-27-15-25-37-20-13-14-26-42(37)43)44-30-28-41(36-18-7-2-8-19-36)33-47(44)51(45)52-53-48(38-21-9-3-10-22-38)34-49(54-52)39-23-11-4-12-24-39/h1-34H. The number of hydrogen-bond donors (Lipinski definition) is 0. The van der Waals surface area contributed by atoms with Crippen molar-refractivity contribution in [3.05, 3.63) is 206 Å². The monoisotopic (exact) mass is 686 g/mol. The lowest BCUT2D eigenvalue weighted by atomic mass is 9.84. The fourth-order valence-electron chi connectivity index (χ4n) is 7.90. The minimum atomic E-state index is 0.701. The van der Waals surface area contributed by atoms with Gasteiger partial charge in [-0.25, -0.2) is 9.97 Å². The Labute approximate surface area is 314 Å². The van der Waals surface area contributed by atoms with Crippen molar-refractivity contribution in [3.8, 4) is 67.3 Å². The van der Waals surface area contributed by atoms with E-state index >= 15 is 0 Å². The fourth-order valence-corrected chi connectivity index (χ4v) is 7.90. The van der Waals surface area contributed by atoms with E-state index in [9.17, 15) is 0 Å². The number of hydrogen-bond acceptors (Lipinski definition) is 2. The molecule has 2 heteroatoms. The van der Waals surface area contributed by atoms with Gasteiger partial charge in [-0.2, -0.15) is 0 Å². The van der Waals surface area contributed by atoms with Crippen LogP contribution in [0.25, 0.3) is 99.6 Å². The van der Waals surface area contributed by atoms with E-state index in [0.717, 1.165) is 55.2 Å². The van der Waals surface area contributed by atoms with Crippen molar-refractivity contribution in [1.82, 2.24) is 9.97 Å². The third kappa shape index (κ3) is 5.62. The molecule has 9 aromatic carbocycles. The zero-order valence-corrected chi connectivity index (χ0v) is 29.5. The van der Waals surface area contributed by atoms with Crippen LogP contribution in [-0.4, -0.2) is 9.97 Å². The van der Waals surface area contributed by atoms with Gasteiger partial charge < -0.3 is 0 Å². The Balaban J connectivity index is 1.38. The second-order valence-electron chi connectivity index (χ2n) is 13.7. The van der Waals surface area contributed by atoms with Crippen molar-refractivity contribution >= 4 is 32.3 Å². The molecule has 0 amide bonds. The first-order valence-corrected chi connectivity index (χ1v) is 18.4. The molecule has 0 atom stereocenters. The van der Waals surface area contributed by atoms with Gasteiger partial charge >= 0.3 is 0 Å². The van der Waals surface area contributed by atoms with Crippen molar-refractivity contribution in [3.63, 3.8) is 0 Å². The molecule has 0 bridgehead atoms. The first kappa shape index (κ1) is 31.6. The van der Waals surface area contributed by atoms with E-state index in [1.807, 2.05) is 12.1 Å². The number of benzene rings is 9. The van der Waals surface area contributed by atoms with Gasteiger partial charge in [0.2, 0.25) is 0 Å². The smallest absolute Gasteiger partial charge is 0.161 e. The van der Waals surface area contributed by atoms with Gasteiger partial charge in [-0.05, 0) is 83.9 Å². The molecule has 252 valence electrons. The lowest BCUT2D eigenvalue weighted by Gasteiger charge is -2.20. The van der Waals surface area contributed by atoms with Crippen molar-refractivity contribution < 1.29 is 0 Å². The average molecular weight is 687 g/mol. The Morgan fingerprint density at radius 2 is 0.704 bits per heavy atom. The van der Waals surface area contributed by atoms with Crippen LogP contribution in [0.15, 0.2) is 206 Å². The molecule has 10 aromatic rings. The summed E-state index contributed by atoms with van der Waals surface area (Å²) in [4.78, 5) is 10.8. The van der Waals surface area contributed by atoms with Crippen molar-refractivity contribution in [2.75, 3.05) is 0 Å². The van der Waals surface area contributed by atoms with E-state index in [-0.39, 0.29) is 0 Å². The Morgan fingerprint density at radius 3 is 1.26 bits per heavy atom. The zero-order valence-electron chi connectivity index (χ0n) is 29.5. The molecule has 2 nitrogen and oxygen atoms in total. The molecule has 1 heterocycles. The van der Waals surface area contributed by atoms with Crippen molar-refractivity contribution in [1.29, 1.82) is 0 Å². The van der Waals surface area contributed by atoms with Gasteiger partial charge in [-0.3, -0.25) is 0 Å². The molecule has 0 spiro atoms. The van der Waals surface area contributed by atoms with Crippen molar-refractivity contribution in [2.24, 2.45) is 0 Å². The third-order valence-corrected chi connectivity index (χ3v) is 10.5. The minimum Gasteiger partial charge on any atom is -0.228 e. The SMILES string of the molecule is c1ccc(-c2ccc3c(-c4cccc5ccccc45)c4cc(-c5ccccc5)ccc4c(-c4nc(-c5ccccc5)cc(-c5ccccc5)n4)c3c2)cc1. The van der Waals surface area contributed by atoms with E-state index < -0.39 is 0 Å². The second-order valence-corrected chi connectivity index (χ2v) is 13.7. The van der Waals surface area contributed by atoms with Crippen LogP contribution < -0.4 is 0 Å². The molecule has 0 unspecified atom stereocenters. The molecule has 0 N–H and O–H groups in total. The predicted octanol–water partition coefficient (Wildman–Crippen LogP) is 13.9. The van der Waals surface area contributed by atoms with Gasteiger partial charge in [0.1, 0.15) is 0 Å². The normalized spacial score (nSPS) is 11.3. The fraction of sp³-hybridized carbons (Fsp3) is 0. The summed E-state index contributed by atoms with van der Waals surface area (Å²) < 4.78 is 0. The maximum atomic E-state index is 5.42. The van der Waals surface area contributed by atoms with Gasteiger partial charge in [0.25, 0.3) is 0 Å². The summed E-state index contributed by atoms with van der Waals surface area (Å²) in [5.74, 6) is 0.701. The molecule has 54 heavy (non-hydrogen) atoms. The Morgan fingerprint density at radius 1 is 0.259 bits per heavy atom. The number of nitrogens with zero attached hydrogens (tertiary/aromatic N) is 2. The van der Waals surface area contributed by atoms with Crippen LogP contribution in [0.5, 0.6) is 0 Å². The summed E-state index contributed by atoms with van der Waals surface area (Å²) in [6, 6.07) is 73.5. The van der Waals surface area contributed by atoms with Gasteiger partial charge in [0.15, 0.2) is 5.82 Å². The number of aromatic nitrogens is 2. The molecule has 10 rings (SSSR count). The molecule has 0 saturated heterocycles. The Bertz CT molecular complexity index is 2890. The molecular weight excluding hydrogens is 653 g/mol. The van der Waals surface area contributed by atoms with Crippen LogP contribution in [0.2, 0.25) is 0 Å². The van der Waals surface area contributed by atoms with Gasteiger partial charge in [0, 0.05) is 16.7 Å². The lowest BCUT2D eigenvalue weighted by molar-refractivity contribution is 1.19. The Hall–Kier alpha value is -7.16. The average Bonchev–Trinajstić information content (AvgIpc) is 3.26. The van der Waals surface area contributed by atoms with Crippen LogP contribution in [0.4, 0.5) is 0 Å². The van der Waals surface area contributed by atoms with E-state index in [4.69, 9.17) is 9.97 Å². The zero-order chi connectivity index (χ0) is 35.8. The highest BCUT2D eigenvalue weighted by Crippen LogP contribution is 2.47. The summed E-state index contributed by atoms with van der Waals surface area (Å²) >= 11 is 0. The summed E-state index contributed by atoms with van der Waals surface area (Å²) in [5.41, 5.74) is 12.0. The maximum absolute atomic E-state index is 5.42. The molecule has 0 radical (unpaired) electrons. The van der Waals surface area contributed by atoms with Crippen molar-refractivity contribution in [2.45, 2.75) is 0 Å². The molecule has 1 aromatic heterocycles. The third-order valence-electron chi connectivity index (χ3n) is 10.5. The highest BCUT2D eigenvalue weighted by atomic mass is 14.9. The van der Waals surface area contributed by atoms with Gasteiger partial charge in [-0.1, -0.05) is 188 Å². The first-order chi connectivity index (χ1) is 26.8. The highest BCUT2D eigenvalue weighted by Gasteiger charge is 2.22. The summed E-state index contributed by atoms with van der Waals surface area (Å²) in [6.07, 6.45) is 0. The van der Waals surface area contributed by atoms with Crippen LogP contribution in [-0.2, 0) is 0 Å². The summed E-state index contributed by atoms with van der Waals surface area (Å²) in [7, 11) is 0.